The third-order valence-corrected chi connectivity index (χ3v) is 2.72. The quantitative estimate of drug-likeness (QED) is 0.745. The minimum atomic E-state index is -0.966. The number of nitrogens with zero attached hydrogens (tertiary/aromatic N) is 1. The van der Waals surface area contributed by atoms with Gasteiger partial charge in [-0.1, -0.05) is 13.8 Å². The Labute approximate surface area is 95.8 Å². The van der Waals surface area contributed by atoms with Crippen LogP contribution in [0.5, 0.6) is 0 Å². The number of aliphatic carboxylic acids is 1. The van der Waals surface area contributed by atoms with Crippen LogP contribution in [0.25, 0.3) is 0 Å². The minimum absolute atomic E-state index is 0.243. The monoisotopic (exact) mass is 228 g/mol. The number of rotatable bonds is 5. The molecule has 0 aromatic heterocycles. The van der Waals surface area contributed by atoms with Crippen molar-refractivity contribution in [2.75, 3.05) is 7.05 Å². The molecule has 1 atom stereocenters. The van der Waals surface area contributed by atoms with Gasteiger partial charge in [-0.2, -0.15) is 0 Å². The summed E-state index contributed by atoms with van der Waals surface area (Å²) in [5.74, 6) is -0.723. The first-order chi connectivity index (χ1) is 7.41. The Morgan fingerprint density at radius 2 is 2.00 bits per heavy atom. The number of nitrogens with one attached hydrogen (secondary N) is 1. The van der Waals surface area contributed by atoms with Gasteiger partial charge in [0, 0.05) is 13.1 Å². The van der Waals surface area contributed by atoms with Crippen LogP contribution in [0.3, 0.4) is 0 Å². The van der Waals surface area contributed by atoms with E-state index in [1.165, 1.54) is 0 Å². The predicted octanol–water partition coefficient (Wildman–Crippen LogP) is 1.29. The zero-order chi connectivity index (χ0) is 12.3. The molecule has 16 heavy (non-hydrogen) atoms. The van der Waals surface area contributed by atoms with Crippen LogP contribution in [-0.4, -0.2) is 41.1 Å². The average molecular weight is 228 g/mol. The van der Waals surface area contributed by atoms with Crippen molar-refractivity contribution in [1.82, 2.24) is 10.2 Å². The third-order valence-electron chi connectivity index (χ3n) is 2.72. The van der Waals surface area contributed by atoms with E-state index in [0.29, 0.717) is 12.5 Å². The van der Waals surface area contributed by atoms with Crippen molar-refractivity contribution in [3.63, 3.8) is 0 Å². The highest BCUT2D eigenvalue weighted by molar-refractivity contribution is 5.82. The minimum Gasteiger partial charge on any atom is -0.480 e. The molecule has 1 fully saturated rings. The second-order valence-electron chi connectivity index (χ2n) is 4.81. The lowest BCUT2D eigenvalue weighted by Crippen LogP contribution is -2.47. The lowest BCUT2D eigenvalue weighted by atomic mass is 10.0. The fourth-order valence-corrected chi connectivity index (χ4v) is 1.57. The third kappa shape index (κ3) is 3.72. The maximum Gasteiger partial charge on any atom is 0.326 e. The normalized spacial score (nSPS) is 17.0. The number of carbonyl (C=O) groups is 2. The molecule has 0 saturated heterocycles. The van der Waals surface area contributed by atoms with Crippen LogP contribution in [0, 0.1) is 5.92 Å². The fraction of sp³-hybridized carbons (Fsp3) is 0.818. The van der Waals surface area contributed by atoms with Gasteiger partial charge in [0.2, 0.25) is 0 Å². The van der Waals surface area contributed by atoms with E-state index in [2.05, 4.69) is 5.32 Å². The Kier molecular flexibility index (Phi) is 4.15. The summed E-state index contributed by atoms with van der Waals surface area (Å²) < 4.78 is 0. The van der Waals surface area contributed by atoms with Crippen molar-refractivity contribution in [2.45, 2.75) is 45.2 Å². The SMILES string of the molecule is CC(C)CC(NC(=O)N(C)C1CC1)C(=O)O. The Balaban J connectivity index is 2.46. The molecule has 1 rings (SSSR count). The van der Waals surface area contributed by atoms with Gasteiger partial charge in [0.15, 0.2) is 0 Å². The highest BCUT2D eigenvalue weighted by atomic mass is 16.4. The summed E-state index contributed by atoms with van der Waals surface area (Å²) in [6.45, 7) is 3.87. The van der Waals surface area contributed by atoms with E-state index in [9.17, 15) is 9.59 Å². The van der Waals surface area contributed by atoms with Gasteiger partial charge in [0.25, 0.3) is 0 Å². The lowest BCUT2D eigenvalue weighted by molar-refractivity contribution is -0.139. The fourth-order valence-electron chi connectivity index (χ4n) is 1.57. The predicted molar refractivity (Wildman–Crippen MR) is 60.2 cm³/mol. The summed E-state index contributed by atoms with van der Waals surface area (Å²) in [5, 5.41) is 11.5. The summed E-state index contributed by atoms with van der Waals surface area (Å²) in [6, 6.07) is -0.766. The second kappa shape index (κ2) is 5.18. The Bertz CT molecular complexity index is 274. The van der Waals surface area contributed by atoms with Gasteiger partial charge in [-0.15, -0.1) is 0 Å². The Morgan fingerprint density at radius 1 is 1.44 bits per heavy atom. The molecule has 2 amide bonds. The van der Waals surface area contributed by atoms with Crippen LogP contribution >= 0.6 is 0 Å². The van der Waals surface area contributed by atoms with E-state index in [-0.39, 0.29) is 11.9 Å². The van der Waals surface area contributed by atoms with E-state index >= 15 is 0 Å². The van der Waals surface area contributed by atoms with E-state index in [0.717, 1.165) is 12.8 Å². The highest BCUT2D eigenvalue weighted by Gasteiger charge is 2.31. The van der Waals surface area contributed by atoms with Gasteiger partial charge in [0.1, 0.15) is 6.04 Å². The summed E-state index contributed by atoms with van der Waals surface area (Å²) in [7, 11) is 1.71. The molecular formula is C11H20N2O3. The van der Waals surface area contributed by atoms with Gasteiger partial charge < -0.3 is 15.3 Å². The summed E-state index contributed by atoms with van der Waals surface area (Å²) in [6.07, 6.45) is 2.50. The van der Waals surface area contributed by atoms with E-state index < -0.39 is 12.0 Å². The molecule has 92 valence electrons. The number of carbonyl (C=O) groups excluding carboxylic acids is 1. The molecule has 0 aromatic carbocycles. The molecule has 0 aliphatic heterocycles. The summed E-state index contributed by atoms with van der Waals surface area (Å²) in [4.78, 5) is 24.2. The van der Waals surface area contributed by atoms with Crippen LogP contribution in [0.15, 0.2) is 0 Å². The van der Waals surface area contributed by atoms with E-state index in [4.69, 9.17) is 5.11 Å². The number of hydrogen-bond acceptors (Lipinski definition) is 2. The molecule has 1 unspecified atom stereocenters. The number of carboxylic acid groups (broad SMARTS) is 1. The van der Waals surface area contributed by atoms with Crippen molar-refractivity contribution in [2.24, 2.45) is 5.92 Å². The molecule has 1 aliphatic carbocycles. The second-order valence-corrected chi connectivity index (χ2v) is 4.81. The maximum atomic E-state index is 11.7. The number of hydrogen-bond donors (Lipinski definition) is 2. The van der Waals surface area contributed by atoms with Crippen molar-refractivity contribution in [3.05, 3.63) is 0 Å². The summed E-state index contributed by atoms with van der Waals surface area (Å²) in [5.41, 5.74) is 0. The molecule has 5 heteroatoms. The van der Waals surface area contributed by atoms with Gasteiger partial charge >= 0.3 is 12.0 Å². The zero-order valence-electron chi connectivity index (χ0n) is 10.1. The highest BCUT2D eigenvalue weighted by Crippen LogP contribution is 2.25. The first kappa shape index (κ1) is 12.8. The van der Waals surface area contributed by atoms with Crippen molar-refractivity contribution >= 4 is 12.0 Å². The van der Waals surface area contributed by atoms with Gasteiger partial charge in [-0.25, -0.2) is 9.59 Å². The van der Waals surface area contributed by atoms with Crippen molar-refractivity contribution < 1.29 is 14.7 Å². The van der Waals surface area contributed by atoms with Crippen molar-refractivity contribution in [1.29, 1.82) is 0 Å². The van der Waals surface area contributed by atoms with Crippen LogP contribution in [0.1, 0.15) is 33.1 Å². The molecule has 5 nitrogen and oxygen atoms in total. The first-order valence-corrected chi connectivity index (χ1v) is 5.68. The number of carboxylic acids is 1. The van der Waals surface area contributed by atoms with Gasteiger partial charge in [0.05, 0.1) is 0 Å². The van der Waals surface area contributed by atoms with Gasteiger partial charge in [-0.05, 0) is 25.2 Å². The van der Waals surface area contributed by atoms with Crippen molar-refractivity contribution in [3.8, 4) is 0 Å². The van der Waals surface area contributed by atoms with Crippen LogP contribution < -0.4 is 5.32 Å². The van der Waals surface area contributed by atoms with Gasteiger partial charge in [-0.3, -0.25) is 0 Å². The largest absolute Gasteiger partial charge is 0.480 e. The molecule has 1 saturated carbocycles. The molecule has 1 aliphatic rings. The molecule has 0 aromatic rings. The molecule has 0 heterocycles. The van der Waals surface area contributed by atoms with E-state index in [1.54, 1.807) is 11.9 Å². The molecule has 0 bridgehead atoms. The molecule has 0 spiro atoms. The maximum absolute atomic E-state index is 11.7. The zero-order valence-corrected chi connectivity index (χ0v) is 10.1. The van der Waals surface area contributed by atoms with Crippen LogP contribution in [0.4, 0.5) is 4.79 Å². The molecule has 0 radical (unpaired) electrons. The number of amides is 2. The average Bonchev–Trinajstić information content (AvgIpc) is 2.97. The van der Waals surface area contributed by atoms with Crippen LogP contribution in [-0.2, 0) is 4.79 Å². The lowest BCUT2D eigenvalue weighted by Gasteiger charge is -2.22. The standard InChI is InChI=1S/C11H20N2O3/c1-7(2)6-9(10(14)15)12-11(16)13(3)8-4-5-8/h7-9H,4-6H2,1-3H3,(H,12,16)(H,14,15). The Hall–Kier alpha value is -1.26. The topological polar surface area (TPSA) is 69.6 Å². The summed E-state index contributed by atoms with van der Waals surface area (Å²) >= 11 is 0. The molecule has 2 N–H and O–H groups in total. The smallest absolute Gasteiger partial charge is 0.326 e. The first-order valence-electron chi connectivity index (χ1n) is 5.68. The molecular weight excluding hydrogens is 208 g/mol. The van der Waals surface area contributed by atoms with E-state index in [1.807, 2.05) is 13.8 Å². The van der Waals surface area contributed by atoms with Crippen LogP contribution in [0.2, 0.25) is 0 Å². The number of urea groups is 1. The Morgan fingerprint density at radius 3 is 2.38 bits per heavy atom.